The molecule has 7 nitrogen and oxygen atoms in total. The fourth-order valence-electron chi connectivity index (χ4n) is 3.00. The molecule has 0 unspecified atom stereocenters. The Morgan fingerprint density at radius 2 is 1.68 bits per heavy atom. The molecule has 0 N–H and O–H groups in total. The van der Waals surface area contributed by atoms with Crippen LogP contribution in [0.3, 0.4) is 0 Å². The molecule has 1 aromatic rings. The number of carbonyl (C=O) groups is 4. The van der Waals surface area contributed by atoms with Gasteiger partial charge >= 0.3 is 6.09 Å². The zero-order chi connectivity index (χ0) is 18.4. The van der Waals surface area contributed by atoms with E-state index in [1.165, 1.54) is 4.90 Å². The van der Waals surface area contributed by atoms with E-state index >= 15 is 0 Å². The van der Waals surface area contributed by atoms with Crippen molar-refractivity contribution in [1.82, 2.24) is 9.80 Å². The lowest BCUT2D eigenvalue weighted by molar-refractivity contribution is -0.120. The number of likely N-dealkylation sites (tertiary alicyclic amines) is 1. The van der Waals surface area contributed by atoms with Gasteiger partial charge in [-0.1, -0.05) is 12.1 Å². The number of carbonyl (C=O) groups excluding carboxylic acids is 4. The van der Waals surface area contributed by atoms with E-state index in [1.54, 1.807) is 45.0 Å². The summed E-state index contributed by atoms with van der Waals surface area (Å²) in [5.41, 5.74) is 0.0460. The molecule has 1 saturated heterocycles. The number of benzene rings is 1. The van der Waals surface area contributed by atoms with Crippen LogP contribution in [0.15, 0.2) is 24.3 Å². The van der Waals surface area contributed by atoms with Gasteiger partial charge in [0.05, 0.1) is 23.6 Å². The zero-order valence-corrected chi connectivity index (χ0v) is 14.4. The van der Waals surface area contributed by atoms with Gasteiger partial charge in [-0.05, 0) is 32.9 Å². The Balaban J connectivity index is 1.69. The lowest BCUT2D eigenvalue weighted by Gasteiger charge is -2.24. The van der Waals surface area contributed by atoms with E-state index in [2.05, 4.69) is 0 Å². The van der Waals surface area contributed by atoms with Crippen molar-refractivity contribution in [3.05, 3.63) is 35.4 Å². The van der Waals surface area contributed by atoms with Gasteiger partial charge in [-0.15, -0.1) is 0 Å². The molecule has 0 aliphatic carbocycles. The minimum absolute atomic E-state index is 0.0233. The Hall–Kier alpha value is -2.70. The third-order valence-corrected chi connectivity index (χ3v) is 4.18. The first-order valence-electron chi connectivity index (χ1n) is 8.13. The molecule has 0 spiro atoms. The SMILES string of the molecule is CC(C)(C)OC(=O)N1CC(=O)[C@H](CN2C(=O)c3ccccc3C2=O)C1. The number of amides is 3. The molecule has 7 heteroatoms. The van der Waals surface area contributed by atoms with Crippen molar-refractivity contribution in [2.45, 2.75) is 26.4 Å². The molecule has 1 aromatic carbocycles. The maximum absolute atomic E-state index is 12.4. The Kier molecular flexibility index (Phi) is 4.10. The summed E-state index contributed by atoms with van der Waals surface area (Å²) in [6.45, 7) is 5.30. The second-order valence-electron chi connectivity index (χ2n) is 7.29. The van der Waals surface area contributed by atoms with E-state index in [-0.39, 0.29) is 25.4 Å². The highest BCUT2D eigenvalue weighted by atomic mass is 16.6. The second kappa shape index (κ2) is 5.98. The van der Waals surface area contributed by atoms with Gasteiger partial charge in [0, 0.05) is 13.1 Å². The lowest BCUT2D eigenvalue weighted by Crippen LogP contribution is -2.38. The molecule has 3 amide bonds. The average Bonchev–Trinajstić information content (AvgIpc) is 3.00. The van der Waals surface area contributed by atoms with Gasteiger partial charge in [-0.25, -0.2) is 4.79 Å². The van der Waals surface area contributed by atoms with E-state index < -0.39 is 29.4 Å². The normalized spacial score (nSPS) is 20.3. The molecule has 1 fully saturated rings. The van der Waals surface area contributed by atoms with Crippen LogP contribution in [0.4, 0.5) is 4.79 Å². The minimum Gasteiger partial charge on any atom is -0.444 e. The Morgan fingerprint density at radius 1 is 1.12 bits per heavy atom. The van der Waals surface area contributed by atoms with Gasteiger partial charge in [0.1, 0.15) is 5.60 Å². The number of ketones is 1. The third kappa shape index (κ3) is 3.26. The maximum atomic E-state index is 12.4. The van der Waals surface area contributed by atoms with Gasteiger partial charge in [-0.3, -0.25) is 19.3 Å². The predicted octanol–water partition coefficient (Wildman–Crippen LogP) is 1.72. The van der Waals surface area contributed by atoms with Crippen LogP contribution < -0.4 is 0 Å². The number of fused-ring (bicyclic) bond motifs is 1. The standard InChI is InChI=1S/C18H20N2O5/c1-18(2,3)25-17(24)19-8-11(14(21)10-19)9-20-15(22)12-6-4-5-7-13(12)16(20)23/h4-7,11H,8-10H2,1-3H3/t11-/m0/s1. The third-order valence-electron chi connectivity index (χ3n) is 4.18. The molecular formula is C18H20N2O5. The van der Waals surface area contributed by atoms with Crippen LogP contribution in [-0.4, -0.2) is 58.7 Å². The number of rotatable bonds is 2. The molecule has 132 valence electrons. The molecule has 0 bridgehead atoms. The summed E-state index contributed by atoms with van der Waals surface area (Å²) in [4.78, 5) is 51.5. The van der Waals surface area contributed by atoms with Gasteiger partial charge in [0.15, 0.2) is 5.78 Å². The molecule has 0 radical (unpaired) electrons. The number of hydrogen-bond acceptors (Lipinski definition) is 5. The summed E-state index contributed by atoms with van der Waals surface area (Å²) in [7, 11) is 0. The molecule has 2 aliphatic heterocycles. The number of imide groups is 1. The van der Waals surface area contributed by atoms with Crippen molar-refractivity contribution in [3.63, 3.8) is 0 Å². The Labute approximate surface area is 145 Å². The first-order chi connectivity index (χ1) is 11.7. The fourth-order valence-corrected chi connectivity index (χ4v) is 3.00. The molecule has 2 aliphatic rings. The van der Waals surface area contributed by atoms with Crippen molar-refractivity contribution in [2.75, 3.05) is 19.6 Å². The Bertz CT molecular complexity index is 730. The van der Waals surface area contributed by atoms with Gasteiger partial charge < -0.3 is 9.64 Å². The Morgan fingerprint density at radius 3 is 2.20 bits per heavy atom. The van der Waals surface area contributed by atoms with Crippen LogP contribution >= 0.6 is 0 Å². The van der Waals surface area contributed by atoms with E-state index in [9.17, 15) is 19.2 Å². The van der Waals surface area contributed by atoms with E-state index in [4.69, 9.17) is 4.74 Å². The van der Waals surface area contributed by atoms with Crippen LogP contribution in [0.5, 0.6) is 0 Å². The van der Waals surface area contributed by atoms with Crippen LogP contribution in [0.1, 0.15) is 41.5 Å². The van der Waals surface area contributed by atoms with Crippen LogP contribution in [0, 0.1) is 5.92 Å². The largest absolute Gasteiger partial charge is 0.444 e. The first kappa shape index (κ1) is 17.1. The molecule has 2 heterocycles. The fraction of sp³-hybridized carbons (Fsp3) is 0.444. The summed E-state index contributed by atoms with van der Waals surface area (Å²) in [5, 5.41) is 0. The zero-order valence-electron chi connectivity index (χ0n) is 14.4. The number of nitrogens with zero attached hydrogens (tertiary/aromatic N) is 2. The highest BCUT2D eigenvalue weighted by molar-refractivity contribution is 6.21. The van der Waals surface area contributed by atoms with E-state index in [1.807, 2.05) is 0 Å². The highest BCUT2D eigenvalue weighted by Crippen LogP contribution is 2.25. The van der Waals surface area contributed by atoms with Gasteiger partial charge in [0.25, 0.3) is 11.8 Å². The topological polar surface area (TPSA) is 84.0 Å². The smallest absolute Gasteiger partial charge is 0.410 e. The van der Waals surface area contributed by atoms with Crippen molar-refractivity contribution in [1.29, 1.82) is 0 Å². The summed E-state index contributed by atoms with van der Waals surface area (Å²) < 4.78 is 5.27. The summed E-state index contributed by atoms with van der Waals surface area (Å²) in [6.07, 6.45) is -0.564. The van der Waals surface area contributed by atoms with E-state index in [0.29, 0.717) is 11.1 Å². The number of ether oxygens (including phenoxy) is 1. The molecule has 0 saturated carbocycles. The monoisotopic (exact) mass is 344 g/mol. The van der Waals surface area contributed by atoms with Crippen molar-refractivity contribution in [3.8, 4) is 0 Å². The van der Waals surface area contributed by atoms with Crippen LogP contribution in [-0.2, 0) is 9.53 Å². The maximum Gasteiger partial charge on any atom is 0.410 e. The van der Waals surface area contributed by atoms with Gasteiger partial charge in [-0.2, -0.15) is 0 Å². The van der Waals surface area contributed by atoms with Crippen molar-refractivity contribution >= 4 is 23.7 Å². The number of hydrogen-bond donors (Lipinski definition) is 0. The van der Waals surface area contributed by atoms with E-state index in [0.717, 1.165) is 4.90 Å². The second-order valence-corrected chi connectivity index (χ2v) is 7.29. The molecule has 1 atom stereocenters. The average molecular weight is 344 g/mol. The van der Waals surface area contributed by atoms with Crippen molar-refractivity contribution < 1.29 is 23.9 Å². The molecule has 3 rings (SSSR count). The van der Waals surface area contributed by atoms with Crippen LogP contribution in [0.2, 0.25) is 0 Å². The lowest BCUT2D eigenvalue weighted by atomic mass is 10.1. The quantitative estimate of drug-likeness (QED) is 0.763. The predicted molar refractivity (Wildman–Crippen MR) is 88.1 cm³/mol. The molecule has 25 heavy (non-hydrogen) atoms. The first-order valence-corrected chi connectivity index (χ1v) is 8.13. The van der Waals surface area contributed by atoms with Gasteiger partial charge in [0.2, 0.25) is 0 Å². The number of Topliss-reactive ketones (excluding diaryl/α,β-unsaturated/α-hetero) is 1. The summed E-state index contributed by atoms with van der Waals surface area (Å²) >= 11 is 0. The van der Waals surface area contributed by atoms with Crippen LogP contribution in [0.25, 0.3) is 0 Å². The highest BCUT2D eigenvalue weighted by Gasteiger charge is 2.42. The molecule has 0 aromatic heterocycles. The van der Waals surface area contributed by atoms with Crippen molar-refractivity contribution in [2.24, 2.45) is 5.92 Å². The summed E-state index contributed by atoms with van der Waals surface area (Å²) in [5.74, 6) is -1.56. The minimum atomic E-state index is -0.652. The molecular weight excluding hydrogens is 324 g/mol. The summed E-state index contributed by atoms with van der Waals surface area (Å²) in [6, 6.07) is 6.58.